The lowest BCUT2D eigenvalue weighted by atomic mass is 10.1. The van der Waals surface area contributed by atoms with Crippen LogP contribution in [0.15, 0.2) is 128 Å². The molecule has 66 heavy (non-hydrogen) atoms. The highest BCUT2D eigenvalue weighted by Gasteiger charge is 2.16. The number of halogens is 6. The van der Waals surface area contributed by atoms with Crippen LogP contribution in [0.5, 0.6) is 34.5 Å². The number of aromatic amines is 1. The number of hydrogen-bond acceptors (Lipinski definition) is 15. The molecule has 7 aromatic rings. The van der Waals surface area contributed by atoms with Crippen molar-refractivity contribution in [2.45, 2.75) is 18.1 Å². The van der Waals surface area contributed by atoms with Crippen molar-refractivity contribution < 1.29 is 47.2 Å². The van der Waals surface area contributed by atoms with Crippen molar-refractivity contribution in [2.75, 3.05) is 21.3 Å². The first-order chi connectivity index (χ1) is 31.2. The fraction of sp³-hybridized carbons (Fsp3) is 0.140. The van der Waals surface area contributed by atoms with E-state index in [1.807, 2.05) is 0 Å². The van der Waals surface area contributed by atoms with Gasteiger partial charge in [0.1, 0.15) is 34.5 Å². The molecule has 0 amide bonds. The molecule has 2 aromatic heterocycles. The largest absolute Gasteiger partial charge is 0.508 e. The average molecular weight is 1080 g/mol. The molecule has 2 heterocycles. The standard InChI is InChI=1S/C17H13NO5S.C9H7NO3.C8H7ClO2S.C7H8O2.CHCl3.CCl2S/c1-10(19)11-3-8-14-15(9-11)23-16(20)18(14)17(24)22-13-6-4-12(21-2)5-7-13;1-5(11)6-2-3-7-8(4-6)13-9(12)10-7;1-10-6-2-4-7(5-3-6)11-8(9)12;1-9-7-4-2-6(8)3-5-7;2*2-1(3)4/h3-9H,1-2H3;2-4H,1H3,(H,10,12);2-5H,1H3;2-5,8H,1H3;1H;. The van der Waals surface area contributed by atoms with E-state index in [1.54, 1.807) is 124 Å². The molecule has 0 fully saturated rings. The van der Waals surface area contributed by atoms with Crippen molar-refractivity contribution in [3.05, 3.63) is 141 Å². The number of aromatic hydroxyl groups is 1. The van der Waals surface area contributed by atoms with E-state index in [4.69, 9.17) is 119 Å². The number of methoxy groups -OCH3 is 3. The maximum atomic E-state index is 12.1. The predicted octanol–water partition coefficient (Wildman–Crippen LogP) is 12.1. The number of aromatic nitrogens is 2. The smallest absolute Gasteiger partial charge is 0.427 e. The van der Waals surface area contributed by atoms with Crippen molar-refractivity contribution in [1.82, 2.24) is 9.55 Å². The van der Waals surface area contributed by atoms with Gasteiger partial charge in [-0.1, -0.05) is 70.2 Å². The number of ether oxygens (including phenoxy) is 5. The lowest BCUT2D eigenvalue weighted by Gasteiger charge is -2.07. The lowest BCUT2D eigenvalue weighted by Crippen LogP contribution is -2.25. The monoisotopic (exact) mass is 1080 g/mol. The molecule has 23 heteroatoms. The molecule has 0 aliphatic rings. The Morgan fingerprint density at radius 3 is 1.44 bits per heavy atom. The molecule has 0 bridgehead atoms. The molecule has 0 saturated carbocycles. The highest BCUT2D eigenvalue weighted by molar-refractivity contribution is 7.86. The first-order valence-corrected chi connectivity index (χ1v) is 21.6. The summed E-state index contributed by atoms with van der Waals surface area (Å²) in [5, 5.41) is 8.73. The zero-order chi connectivity index (χ0) is 49.5. The van der Waals surface area contributed by atoms with Gasteiger partial charge in [0.25, 0.3) is 9.68 Å². The number of carbonyl (C=O) groups excluding carboxylic acids is 2. The molecular weight excluding hydrogens is 1050 g/mol. The second-order valence-electron chi connectivity index (χ2n) is 12.0. The lowest BCUT2D eigenvalue weighted by molar-refractivity contribution is 0.100. The highest BCUT2D eigenvalue weighted by Crippen LogP contribution is 2.21. The van der Waals surface area contributed by atoms with E-state index < -0.39 is 15.8 Å². The van der Waals surface area contributed by atoms with Crippen LogP contribution in [0.3, 0.4) is 0 Å². The Hall–Kier alpha value is -5.21. The van der Waals surface area contributed by atoms with E-state index in [9.17, 15) is 19.2 Å². The molecule has 0 aliphatic heterocycles. The van der Waals surface area contributed by atoms with Gasteiger partial charge in [-0.25, -0.2) is 14.2 Å². The van der Waals surface area contributed by atoms with Crippen LogP contribution in [0.4, 0.5) is 0 Å². The minimum atomic E-state index is -0.750. The summed E-state index contributed by atoms with van der Waals surface area (Å²) in [5.41, 5.74) is 2.71. The van der Waals surface area contributed by atoms with Gasteiger partial charge in [-0.3, -0.25) is 14.6 Å². The van der Waals surface area contributed by atoms with Gasteiger partial charge in [0, 0.05) is 11.1 Å². The first-order valence-electron chi connectivity index (χ1n) is 18.0. The molecular formula is C43H36Cl6N2O12S3. The average Bonchev–Trinajstić information content (AvgIpc) is 3.81. The summed E-state index contributed by atoms with van der Waals surface area (Å²) >= 11 is 43.1. The topological polar surface area (TPSA) is 182 Å². The number of H-pyrrole nitrogens is 1. The first kappa shape index (κ1) is 56.9. The van der Waals surface area contributed by atoms with Gasteiger partial charge in [-0.05, 0) is 159 Å². The van der Waals surface area contributed by atoms with Crippen molar-refractivity contribution in [1.29, 1.82) is 0 Å². The highest BCUT2D eigenvalue weighted by atomic mass is 35.6. The van der Waals surface area contributed by atoms with Crippen LogP contribution in [0, 0.1) is 0 Å². The SMILES string of the molecule is CC(=O)c1ccc2[nH]c(=O)oc2c1.COc1ccc(O)cc1.COc1ccc(OC(=S)Cl)cc1.COc1ccc(OC(=S)n2c(=O)oc3cc(C(C)=O)ccc32)cc1.ClC(Cl)Cl.S=C(Cl)Cl. The maximum Gasteiger partial charge on any atom is 0.427 e. The van der Waals surface area contributed by atoms with E-state index in [-0.39, 0.29) is 36.4 Å². The van der Waals surface area contributed by atoms with Gasteiger partial charge < -0.3 is 37.6 Å². The molecule has 350 valence electrons. The van der Waals surface area contributed by atoms with Crippen LogP contribution in [0.2, 0.25) is 0 Å². The normalized spacial score (nSPS) is 9.76. The fourth-order valence-electron chi connectivity index (χ4n) is 4.68. The quantitative estimate of drug-likeness (QED) is 0.0665. The molecule has 2 N–H and O–H groups in total. The van der Waals surface area contributed by atoms with Crippen LogP contribution < -0.4 is 35.2 Å². The molecule has 0 atom stereocenters. The summed E-state index contributed by atoms with van der Waals surface area (Å²) in [6.45, 7) is 2.90. The van der Waals surface area contributed by atoms with Gasteiger partial charge in [-0.2, -0.15) is 0 Å². The molecule has 0 saturated heterocycles. The minimum absolute atomic E-state index is 0.0137. The number of benzene rings is 5. The third-order valence-corrected chi connectivity index (χ3v) is 8.02. The molecule has 5 aromatic carbocycles. The zero-order valence-electron chi connectivity index (χ0n) is 34.8. The third kappa shape index (κ3) is 21.0. The van der Waals surface area contributed by atoms with Gasteiger partial charge in [0.2, 0.25) is 0 Å². The van der Waals surface area contributed by atoms with Crippen molar-refractivity contribution >= 4 is 153 Å². The number of thiocarbonyl (C=S) groups is 3. The molecule has 0 aliphatic carbocycles. The van der Waals surface area contributed by atoms with Crippen LogP contribution >= 0.6 is 106 Å². The number of rotatable bonds is 7. The Labute approximate surface area is 422 Å². The molecule has 0 spiro atoms. The number of nitrogens with one attached hydrogen (secondary N) is 1. The van der Waals surface area contributed by atoms with Crippen molar-refractivity contribution in [3.63, 3.8) is 0 Å². The summed E-state index contributed by atoms with van der Waals surface area (Å²) in [7, 11) is 4.75. The molecule has 0 radical (unpaired) electrons. The number of hydrogen-bond donors (Lipinski definition) is 2. The van der Waals surface area contributed by atoms with Gasteiger partial charge in [-0.15, -0.1) is 0 Å². The van der Waals surface area contributed by atoms with Crippen molar-refractivity contribution in [3.8, 4) is 34.5 Å². The summed E-state index contributed by atoms with van der Waals surface area (Å²) < 4.78 is 35.6. The second kappa shape index (κ2) is 29.4. The zero-order valence-corrected chi connectivity index (χ0v) is 41.8. The van der Waals surface area contributed by atoms with Gasteiger partial charge in [0.05, 0.1) is 32.4 Å². The summed E-state index contributed by atoms with van der Waals surface area (Å²) in [5.74, 6) is 2.18. The van der Waals surface area contributed by atoms with Crippen LogP contribution in [-0.2, 0) is 0 Å². The Morgan fingerprint density at radius 1 is 0.621 bits per heavy atom. The van der Waals surface area contributed by atoms with Crippen molar-refractivity contribution in [2.24, 2.45) is 0 Å². The number of ketones is 2. The molecule has 14 nitrogen and oxygen atoms in total. The Morgan fingerprint density at radius 2 is 1.02 bits per heavy atom. The van der Waals surface area contributed by atoms with Gasteiger partial charge in [0.15, 0.2) is 30.8 Å². The number of fused-ring (bicyclic) bond motifs is 2. The van der Waals surface area contributed by atoms with E-state index in [2.05, 4.69) is 29.4 Å². The number of oxazole rings is 2. The third-order valence-electron chi connectivity index (χ3n) is 7.59. The van der Waals surface area contributed by atoms with E-state index in [0.29, 0.717) is 45.0 Å². The fourth-order valence-corrected chi connectivity index (χ4v) is 5.14. The Kier molecular flexibility index (Phi) is 25.4. The second-order valence-corrected chi connectivity index (χ2v) is 17.0. The maximum absolute atomic E-state index is 12.1. The number of carbonyl (C=O) groups is 2. The number of Topliss-reactive ketones (excluding diaryl/α,β-unsaturated/α-hetero) is 2. The Bertz CT molecular complexity index is 2810. The molecule has 0 unspecified atom stereocenters. The number of alkyl halides is 3. The number of phenolic OH excluding ortho intramolecular Hbond substituents is 1. The number of nitrogens with zero attached hydrogens (tertiary/aromatic N) is 1. The van der Waals surface area contributed by atoms with E-state index in [0.717, 1.165) is 16.1 Å². The number of phenols is 1. The van der Waals surface area contributed by atoms with Crippen LogP contribution in [-0.4, -0.2) is 65.3 Å². The van der Waals surface area contributed by atoms with E-state index >= 15 is 0 Å². The summed E-state index contributed by atoms with van der Waals surface area (Å²) in [6.07, 6.45) is 0. The van der Waals surface area contributed by atoms with Crippen LogP contribution in [0.1, 0.15) is 34.6 Å². The van der Waals surface area contributed by atoms with E-state index in [1.165, 1.54) is 19.9 Å². The minimum Gasteiger partial charge on any atom is -0.508 e. The van der Waals surface area contributed by atoms with Gasteiger partial charge >= 0.3 is 11.5 Å². The van der Waals surface area contributed by atoms with Crippen LogP contribution in [0.25, 0.3) is 22.2 Å². The summed E-state index contributed by atoms with van der Waals surface area (Å²) in [6, 6.07) is 29.9. The Balaban J connectivity index is 0.000000304. The molecule has 7 rings (SSSR count). The summed E-state index contributed by atoms with van der Waals surface area (Å²) in [4.78, 5) is 47.7. The predicted molar refractivity (Wildman–Crippen MR) is 271 cm³/mol.